The molecule has 1 rings (SSSR count). The topological polar surface area (TPSA) is 54.9 Å². The standard InChI is InChI=1S/C8H13N3OS/c1-5(2)8-10-7(13-11-8)4-6(12)9-3/h5H,4H2,1-3H3,(H,9,12). The first-order chi connectivity index (χ1) is 6.13. The highest BCUT2D eigenvalue weighted by Crippen LogP contribution is 2.13. The Labute approximate surface area is 81.6 Å². The summed E-state index contributed by atoms with van der Waals surface area (Å²) in [6.45, 7) is 4.07. The van der Waals surface area contributed by atoms with Crippen LogP contribution in [0.15, 0.2) is 0 Å². The lowest BCUT2D eigenvalue weighted by Gasteiger charge is -1.95. The lowest BCUT2D eigenvalue weighted by Crippen LogP contribution is -2.19. The van der Waals surface area contributed by atoms with Crippen LogP contribution < -0.4 is 5.32 Å². The highest BCUT2D eigenvalue weighted by atomic mass is 32.1. The van der Waals surface area contributed by atoms with Gasteiger partial charge in [0.25, 0.3) is 0 Å². The largest absolute Gasteiger partial charge is 0.359 e. The molecule has 0 bridgehead atoms. The van der Waals surface area contributed by atoms with E-state index in [9.17, 15) is 4.79 Å². The van der Waals surface area contributed by atoms with E-state index in [0.717, 1.165) is 10.8 Å². The van der Waals surface area contributed by atoms with E-state index in [4.69, 9.17) is 0 Å². The van der Waals surface area contributed by atoms with E-state index in [0.29, 0.717) is 12.3 Å². The molecule has 1 N–H and O–H groups in total. The van der Waals surface area contributed by atoms with Crippen molar-refractivity contribution in [1.82, 2.24) is 14.7 Å². The Hall–Kier alpha value is -0.970. The van der Waals surface area contributed by atoms with Gasteiger partial charge in [0.15, 0.2) is 0 Å². The summed E-state index contributed by atoms with van der Waals surface area (Å²) in [6.07, 6.45) is 0.334. The number of hydrogen-bond donors (Lipinski definition) is 1. The molecule has 13 heavy (non-hydrogen) atoms. The molecule has 0 aliphatic carbocycles. The van der Waals surface area contributed by atoms with Gasteiger partial charge >= 0.3 is 0 Å². The van der Waals surface area contributed by atoms with Gasteiger partial charge in [-0.05, 0) is 11.5 Å². The third kappa shape index (κ3) is 2.77. The average Bonchev–Trinajstić information content (AvgIpc) is 2.52. The summed E-state index contributed by atoms with van der Waals surface area (Å²) in [5.41, 5.74) is 0. The van der Waals surface area contributed by atoms with Gasteiger partial charge in [0.05, 0.1) is 6.42 Å². The molecule has 0 radical (unpaired) electrons. The van der Waals surface area contributed by atoms with Crippen LogP contribution >= 0.6 is 11.5 Å². The number of carbonyl (C=O) groups excluding carboxylic acids is 1. The highest BCUT2D eigenvalue weighted by Gasteiger charge is 2.09. The third-order valence-electron chi connectivity index (χ3n) is 1.59. The second-order valence-corrected chi connectivity index (χ2v) is 3.89. The van der Waals surface area contributed by atoms with Crippen molar-refractivity contribution in [2.75, 3.05) is 7.05 Å². The van der Waals surface area contributed by atoms with Gasteiger partial charge in [-0.3, -0.25) is 4.79 Å². The van der Waals surface area contributed by atoms with E-state index < -0.39 is 0 Å². The molecular weight excluding hydrogens is 186 g/mol. The quantitative estimate of drug-likeness (QED) is 0.788. The molecule has 0 spiro atoms. The smallest absolute Gasteiger partial charge is 0.226 e. The molecule has 5 heteroatoms. The molecule has 0 atom stereocenters. The lowest BCUT2D eigenvalue weighted by molar-refractivity contribution is -0.119. The molecule has 0 aliphatic rings. The number of nitrogens with one attached hydrogen (secondary N) is 1. The van der Waals surface area contributed by atoms with Gasteiger partial charge in [-0.25, -0.2) is 4.98 Å². The molecule has 4 nitrogen and oxygen atoms in total. The molecule has 0 unspecified atom stereocenters. The fraction of sp³-hybridized carbons (Fsp3) is 0.625. The second-order valence-electron chi connectivity index (χ2n) is 3.05. The van der Waals surface area contributed by atoms with Crippen LogP contribution in [0.25, 0.3) is 0 Å². The Morgan fingerprint density at radius 3 is 2.77 bits per heavy atom. The zero-order valence-electron chi connectivity index (χ0n) is 8.00. The van der Waals surface area contributed by atoms with E-state index in [-0.39, 0.29) is 5.91 Å². The maximum atomic E-state index is 11.0. The fourth-order valence-corrected chi connectivity index (χ4v) is 1.58. The molecule has 0 saturated heterocycles. The van der Waals surface area contributed by atoms with Crippen molar-refractivity contribution in [2.24, 2.45) is 0 Å². The van der Waals surface area contributed by atoms with Crippen LogP contribution in [-0.2, 0) is 11.2 Å². The number of carbonyl (C=O) groups is 1. The minimum Gasteiger partial charge on any atom is -0.359 e. The molecule has 1 amide bonds. The van der Waals surface area contributed by atoms with Crippen LogP contribution in [0.5, 0.6) is 0 Å². The zero-order valence-corrected chi connectivity index (χ0v) is 8.81. The summed E-state index contributed by atoms with van der Waals surface area (Å²) in [7, 11) is 1.62. The Balaban J connectivity index is 2.64. The minimum atomic E-state index is -0.0218. The maximum absolute atomic E-state index is 11.0. The summed E-state index contributed by atoms with van der Waals surface area (Å²) < 4.78 is 4.15. The van der Waals surface area contributed by atoms with E-state index in [2.05, 4.69) is 14.7 Å². The summed E-state index contributed by atoms with van der Waals surface area (Å²) >= 11 is 1.30. The van der Waals surface area contributed by atoms with Crippen molar-refractivity contribution in [1.29, 1.82) is 0 Å². The van der Waals surface area contributed by atoms with Gasteiger partial charge in [-0.1, -0.05) is 13.8 Å². The van der Waals surface area contributed by atoms with Gasteiger partial charge < -0.3 is 5.32 Å². The first-order valence-corrected chi connectivity index (χ1v) is 4.94. The summed E-state index contributed by atoms with van der Waals surface area (Å²) in [4.78, 5) is 15.2. The van der Waals surface area contributed by atoms with Crippen molar-refractivity contribution in [3.63, 3.8) is 0 Å². The second kappa shape index (κ2) is 4.32. The van der Waals surface area contributed by atoms with Crippen LogP contribution in [0.3, 0.4) is 0 Å². The zero-order chi connectivity index (χ0) is 9.84. The molecule has 1 aromatic heterocycles. The van der Waals surface area contributed by atoms with E-state index in [1.807, 2.05) is 13.8 Å². The molecule has 0 saturated carbocycles. The minimum absolute atomic E-state index is 0.0218. The van der Waals surface area contributed by atoms with Crippen molar-refractivity contribution in [3.8, 4) is 0 Å². The number of likely N-dealkylation sites (N-methyl/N-ethyl adjacent to an activating group) is 1. The van der Waals surface area contributed by atoms with Gasteiger partial charge in [-0.15, -0.1) is 0 Å². The Morgan fingerprint density at radius 1 is 1.62 bits per heavy atom. The average molecular weight is 199 g/mol. The van der Waals surface area contributed by atoms with Crippen LogP contribution in [0, 0.1) is 0 Å². The summed E-state index contributed by atoms with van der Waals surface area (Å²) in [6, 6.07) is 0. The van der Waals surface area contributed by atoms with E-state index in [1.165, 1.54) is 11.5 Å². The Morgan fingerprint density at radius 2 is 2.31 bits per heavy atom. The first kappa shape index (κ1) is 10.1. The maximum Gasteiger partial charge on any atom is 0.226 e. The summed E-state index contributed by atoms with van der Waals surface area (Å²) in [5.74, 6) is 1.13. The predicted octanol–water partition coefficient (Wildman–Crippen LogP) is 0.950. The molecule has 0 fully saturated rings. The number of nitrogens with zero attached hydrogens (tertiary/aromatic N) is 2. The van der Waals surface area contributed by atoms with Crippen LogP contribution in [0.2, 0.25) is 0 Å². The van der Waals surface area contributed by atoms with E-state index in [1.54, 1.807) is 7.05 Å². The number of rotatable bonds is 3. The van der Waals surface area contributed by atoms with Gasteiger partial charge in [0.1, 0.15) is 10.8 Å². The van der Waals surface area contributed by atoms with Crippen LogP contribution in [-0.4, -0.2) is 22.3 Å². The molecule has 0 aromatic carbocycles. The summed E-state index contributed by atoms with van der Waals surface area (Å²) in [5, 5.41) is 3.33. The predicted molar refractivity (Wildman–Crippen MR) is 51.8 cm³/mol. The third-order valence-corrected chi connectivity index (χ3v) is 2.32. The SMILES string of the molecule is CNC(=O)Cc1nc(C(C)C)ns1. The Kier molecular flexibility index (Phi) is 3.36. The van der Waals surface area contributed by atoms with Gasteiger partial charge in [-0.2, -0.15) is 4.37 Å². The normalized spacial score (nSPS) is 10.5. The Bertz CT molecular complexity index is 295. The molecule has 1 heterocycles. The van der Waals surface area contributed by atoms with Crippen molar-refractivity contribution >= 4 is 17.4 Å². The van der Waals surface area contributed by atoms with Crippen molar-refractivity contribution in [2.45, 2.75) is 26.2 Å². The fourth-order valence-electron chi connectivity index (χ4n) is 0.800. The van der Waals surface area contributed by atoms with Gasteiger partial charge in [0, 0.05) is 13.0 Å². The number of aromatic nitrogens is 2. The van der Waals surface area contributed by atoms with Gasteiger partial charge in [0.2, 0.25) is 5.91 Å². The molecule has 1 aromatic rings. The molecule has 0 aliphatic heterocycles. The highest BCUT2D eigenvalue weighted by molar-refractivity contribution is 7.05. The first-order valence-electron chi connectivity index (χ1n) is 4.16. The van der Waals surface area contributed by atoms with Crippen LogP contribution in [0.4, 0.5) is 0 Å². The lowest BCUT2D eigenvalue weighted by atomic mass is 10.2. The number of hydrogen-bond acceptors (Lipinski definition) is 4. The van der Waals surface area contributed by atoms with Crippen molar-refractivity contribution < 1.29 is 4.79 Å². The molecular formula is C8H13N3OS. The van der Waals surface area contributed by atoms with Crippen LogP contribution in [0.1, 0.15) is 30.6 Å². The number of amides is 1. The molecule has 72 valence electrons. The van der Waals surface area contributed by atoms with Crippen molar-refractivity contribution in [3.05, 3.63) is 10.8 Å². The monoisotopic (exact) mass is 199 g/mol. The van der Waals surface area contributed by atoms with E-state index >= 15 is 0 Å².